The van der Waals surface area contributed by atoms with Crippen molar-refractivity contribution < 1.29 is 73.2 Å². The molecule has 0 saturated heterocycles. The minimum Gasteiger partial charge on any atom is -0.426 e. The van der Waals surface area contributed by atoms with Gasteiger partial charge in [-0.3, -0.25) is 19.2 Å². The van der Waals surface area contributed by atoms with Crippen LogP contribution in [-0.4, -0.2) is 23.9 Å². The first-order chi connectivity index (χ1) is 52.9. The molecule has 4 aromatic carbocycles. The van der Waals surface area contributed by atoms with Crippen LogP contribution in [-0.2, 0) is 19.2 Å². The second-order valence-corrected chi connectivity index (χ2v) is 35.1. The van der Waals surface area contributed by atoms with Gasteiger partial charge in [0.1, 0.15) is 69.5 Å². The summed E-state index contributed by atoms with van der Waals surface area (Å²) in [6.07, 6.45) is 50.3. The van der Waals surface area contributed by atoms with Crippen LogP contribution in [0.1, 0.15) is 320 Å². The standard InChI is InChI=1S/C25H36F2O2.C24H34F2O2.C23H32F2O2.C22H30F2O2/c1-3-4-5-6-18-7-9-19(10-8-18)20-11-13-21(14-12-20)25(28)29-22-15-23(26)17(2)24(27)16-22;1-3-4-5-17-6-8-18(9-7-17)19-10-12-20(13-11-19)24(27)28-21-14-22(25)16(2)23(26)15-21;1-3-4-16-5-7-17(8-6-16)18-9-11-19(12-10-18)23(26)27-20-13-21(24)15(2)22(25)14-20;1-3-15-4-6-16(7-5-15)17-8-10-18(11-9-17)22(25)26-19-12-20(23)14(2)21(24)13-19/h15-16,18-21H,3-14H2,1-2H3;14-15,17-20H,3-13H2,1-2H3;13-14,16-19H,3-12H2,1-2H3;12-13,15-18H,3-11H2,1-2H3. The summed E-state index contributed by atoms with van der Waals surface area (Å²) in [6.45, 7) is 14.6. The number of carbonyl (C=O) groups excluding carboxylic acids is 4. The third-order valence-electron chi connectivity index (χ3n) is 28.0. The lowest BCUT2D eigenvalue weighted by Crippen LogP contribution is -2.30. The molecule has 0 bridgehead atoms. The Balaban J connectivity index is 0.000000169. The largest absolute Gasteiger partial charge is 0.426 e. The van der Waals surface area contributed by atoms with Crippen molar-refractivity contribution in [2.45, 2.75) is 325 Å². The molecule has 110 heavy (non-hydrogen) atoms. The van der Waals surface area contributed by atoms with E-state index >= 15 is 0 Å². The summed E-state index contributed by atoms with van der Waals surface area (Å²) in [5.74, 6) is 2.33. The van der Waals surface area contributed by atoms with Gasteiger partial charge in [-0.1, -0.05) is 143 Å². The first-order valence-corrected chi connectivity index (χ1v) is 43.6. The van der Waals surface area contributed by atoms with Gasteiger partial charge in [0.25, 0.3) is 0 Å². The number of halogens is 8. The summed E-state index contributed by atoms with van der Waals surface area (Å²) in [6, 6.07) is 8.76. The molecule has 8 aliphatic rings. The Hall–Kier alpha value is -5.80. The molecular formula is C94H132F8O8. The number of hydrogen-bond acceptors (Lipinski definition) is 8. The number of benzene rings is 4. The van der Waals surface area contributed by atoms with Gasteiger partial charge in [0.05, 0.1) is 23.7 Å². The zero-order chi connectivity index (χ0) is 79.0. The molecule has 0 aliphatic heterocycles. The van der Waals surface area contributed by atoms with Crippen molar-refractivity contribution in [2.75, 3.05) is 0 Å². The zero-order valence-electron chi connectivity index (χ0n) is 67.8. The molecule has 0 radical (unpaired) electrons. The first kappa shape index (κ1) is 88.2. The first-order valence-electron chi connectivity index (χ1n) is 43.6. The minimum atomic E-state index is -0.681. The van der Waals surface area contributed by atoms with Gasteiger partial charge in [0.2, 0.25) is 0 Å². The lowest BCUT2D eigenvalue weighted by Gasteiger charge is -2.37. The third-order valence-corrected chi connectivity index (χ3v) is 28.0. The van der Waals surface area contributed by atoms with E-state index in [1.165, 1.54) is 195 Å². The van der Waals surface area contributed by atoms with Crippen molar-refractivity contribution in [1.29, 1.82) is 0 Å². The molecule has 0 spiro atoms. The van der Waals surface area contributed by atoms with Crippen LogP contribution in [0.2, 0.25) is 0 Å². The SMILES string of the molecule is CCC1CCC(C2CCC(C(=O)Oc3cc(F)c(C)c(F)c3)CC2)CC1.CCCC1CCC(C2CCC(C(=O)Oc3cc(F)c(C)c(F)c3)CC2)CC1.CCCCC1CCC(C2CCC(C(=O)Oc3cc(F)c(C)c(F)c3)CC2)CC1.CCCCCC1CCC(C2CCC(C(=O)Oc3cc(F)c(C)c(F)c3)CC2)CC1. The number of unbranched alkanes of at least 4 members (excludes halogenated alkanes) is 3. The molecule has 8 saturated carbocycles. The van der Waals surface area contributed by atoms with E-state index < -0.39 is 46.5 Å². The normalized spacial score (nSPS) is 28.4. The highest BCUT2D eigenvalue weighted by Crippen LogP contribution is 2.48. The fourth-order valence-corrected chi connectivity index (χ4v) is 20.3. The van der Waals surface area contributed by atoms with Crippen molar-refractivity contribution in [3.63, 3.8) is 0 Å². The highest BCUT2D eigenvalue weighted by atomic mass is 19.2. The van der Waals surface area contributed by atoms with Gasteiger partial charge in [-0.05, 0) is 253 Å². The zero-order valence-corrected chi connectivity index (χ0v) is 67.8. The molecule has 16 heteroatoms. The average molecular weight is 1540 g/mol. The summed E-state index contributed by atoms with van der Waals surface area (Å²) in [7, 11) is 0. The Morgan fingerprint density at radius 3 is 0.645 bits per heavy atom. The van der Waals surface area contributed by atoms with Crippen LogP contribution in [0.4, 0.5) is 35.1 Å². The van der Waals surface area contributed by atoms with Gasteiger partial charge in [-0.15, -0.1) is 0 Å². The third kappa shape index (κ3) is 26.1. The number of esters is 4. The Morgan fingerprint density at radius 2 is 0.445 bits per heavy atom. The fraction of sp³-hybridized carbons (Fsp3) is 0.702. The number of rotatable bonds is 22. The topological polar surface area (TPSA) is 105 Å². The van der Waals surface area contributed by atoms with E-state index in [2.05, 4.69) is 27.7 Å². The molecule has 4 aromatic rings. The summed E-state index contributed by atoms with van der Waals surface area (Å²) >= 11 is 0. The van der Waals surface area contributed by atoms with E-state index in [9.17, 15) is 54.3 Å². The fourth-order valence-electron chi connectivity index (χ4n) is 20.3. The van der Waals surface area contributed by atoms with Crippen LogP contribution in [0.25, 0.3) is 0 Å². The molecule has 12 rings (SSSR count). The Kier molecular flexibility index (Phi) is 35.4. The van der Waals surface area contributed by atoms with Crippen molar-refractivity contribution in [3.05, 3.63) is 117 Å². The second-order valence-electron chi connectivity index (χ2n) is 35.1. The highest BCUT2D eigenvalue weighted by Gasteiger charge is 2.39. The van der Waals surface area contributed by atoms with Crippen LogP contribution < -0.4 is 18.9 Å². The molecule has 8 fully saturated rings. The van der Waals surface area contributed by atoms with Crippen LogP contribution in [0.5, 0.6) is 23.0 Å². The number of ether oxygens (including phenoxy) is 4. The molecule has 0 amide bonds. The summed E-state index contributed by atoms with van der Waals surface area (Å²) in [5.41, 5.74) is -0.206. The predicted octanol–water partition coefficient (Wildman–Crippen LogP) is 27.1. The quantitative estimate of drug-likeness (QED) is 0.0332. The lowest BCUT2D eigenvalue weighted by atomic mass is 9.68. The maximum absolute atomic E-state index is 13.7. The van der Waals surface area contributed by atoms with Crippen molar-refractivity contribution in [3.8, 4) is 23.0 Å². The summed E-state index contributed by atoms with van der Waals surface area (Å²) in [5, 5.41) is 0. The van der Waals surface area contributed by atoms with Gasteiger partial charge in [-0.2, -0.15) is 0 Å². The Morgan fingerprint density at radius 1 is 0.255 bits per heavy atom. The van der Waals surface area contributed by atoms with Crippen LogP contribution in [0, 0.1) is 169 Å². The van der Waals surface area contributed by atoms with Crippen molar-refractivity contribution >= 4 is 23.9 Å². The maximum atomic E-state index is 13.7. The smallest absolute Gasteiger partial charge is 0.314 e. The van der Waals surface area contributed by atoms with Gasteiger partial charge in [0.15, 0.2) is 0 Å². The average Bonchev–Trinajstić information content (AvgIpc) is 0.844. The summed E-state index contributed by atoms with van der Waals surface area (Å²) < 4.78 is 130. The van der Waals surface area contributed by atoms with Gasteiger partial charge in [-0.25, -0.2) is 35.1 Å². The van der Waals surface area contributed by atoms with E-state index in [-0.39, 0.29) is 92.8 Å². The van der Waals surface area contributed by atoms with Gasteiger partial charge < -0.3 is 18.9 Å². The highest BCUT2D eigenvalue weighted by molar-refractivity contribution is 5.77. The molecular weight excluding hydrogens is 1410 g/mol. The van der Waals surface area contributed by atoms with E-state index in [1.807, 2.05) is 0 Å². The molecule has 0 atom stereocenters. The monoisotopic (exact) mass is 1540 g/mol. The van der Waals surface area contributed by atoms with E-state index in [4.69, 9.17) is 18.9 Å². The lowest BCUT2D eigenvalue weighted by molar-refractivity contribution is -0.141. The maximum Gasteiger partial charge on any atom is 0.314 e. The van der Waals surface area contributed by atoms with Crippen molar-refractivity contribution in [2.24, 2.45) is 94.7 Å². The van der Waals surface area contributed by atoms with E-state index in [0.717, 1.165) is 222 Å². The Labute approximate surface area is 654 Å². The Bertz CT molecular complexity index is 3420. The van der Waals surface area contributed by atoms with Gasteiger partial charge >= 0.3 is 23.9 Å². The van der Waals surface area contributed by atoms with E-state index in [1.54, 1.807) is 0 Å². The van der Waals surface area contributed by atoms with Crippen LogP contribution >= 0.6 is 0 Å². The molecule has 0 aromatic heterocycles. The number of hydrogen-bond donors (Lipinski definition) is 0. The van der Waals surface area contributed by atoms with Crippen molar-refractivity contribution in [1.82, 2.24) is 0 Å². The predicted molar refractivity (Wildman–Crippen MR) is 419 cm³/mol. The second kappa shape index (κ2) is 44.2. The molecule has 8 nitrogen and oxygen atoms in total. The molecule has 612 valence electrons. The molecule has 8 aliphatic carbocycles. The molecule has 0 unspecified atom stereocenters. The minimum absolute atomic E-state index is 0.0286. The summed E-state index contributed by atoms with van der Waals surface area (Å²) in [4.78, 5) is 49.7. The van der Waals surface area contributed by atoms with Crippen LogP contribution in [0.15, 0.2) is 48.5 Å². The van der Waals surface area contributed by atoms with E-state index in [0.29, 0.717) is 0 Å². The number of carbonyl (C=O) groups is 4. The van der Waals surface area contributed by atoms with Crippen LogP contribution in [0.3, 0.4) is 0 Å². The molecule has 0 N–H and O–H groups in total. The molecule has 0 heterocycles. The van der Waals surface area contributed by atoms with Gasteiger partial charge in [0, 0.05) is 70.8 Å².